The number of rotatable bonds is 4. The molecule has 0 saturated carbocycles. The van der Waals surface area contributed by atoms with Crippen molar-refractivity contribution in [3.05, 3.63) is 53.6 Å². The molecule has 2 fully saturated rings. The zero-order chi connectivity index (χ0) is 23.4. The number of fused-ring (bicyclic) bond motifs is 2. The van der Waals surface area contributed by atoms with Gasteiger partial charge in [0.1, 0.15) is 5.82 Å². The lowest BCUT2D eigenvalue weighted by molar-refractivity contribution is -0.157. The van der Waals surface area contributed by atoms with Gasteiger partial charge in [0.2, 0.25) is 0 Å². The van der Waals surface area contributed by atoms with Gasteiger partial charge in [-0.15, -0.1) is 0 Å². The summed E-state index contributed by atoms with van der Waals surface area (Å²) >= 11 is 0. The minimum Gasteiger partial charge on any atom is -0.479 e. The number of aromatic nitrogens is 4. The fraction of sp³-hybridized carbons (Fsp3) is 0.400. The number of nitrogens with zero attached hydrogens (tertiary/aromatic N) is 3. The molecule has 1 aromatic carbocycles. The van der Waals surface area contributed by atoms with Crippen molar-refractivity contribution >= 4 is 28.0 Å². The van der Waals surface area contributed by atoms with E-state index in [1.165, 1.54) is 12.1 Å². The highest BCUT2D eigenvalue weighted by molar-refractivity contribution is 5.94. The fourth-order valence-electron chi connectivity index (χ4n) is 5.46. The van der Waals surface area contributed by atoms with Crippen molar-refractivity contribution < 1.29 is 23.8 Å². The topological polar surface area (TPSA) is 102 Å². The third-order valence-electron chi connectivity index (χ3n) is 7.21. The van der Waals surface area contributed by atoms with E-state index >= 15 is 0 Å². The lowest BCUT2D eigenvalue weighted by Crippen LogP contribution is -2.34. The number of aromatic amines is 1. The van der Waals surface area contributed by atoms with Crippen LogP contribution in [0, 0.1) is 5.82 Å². The van der Waals surface area contributed by atoms with Crippen LogP contribution in [-0.2, 0) is 14.3 Å². The van der Waals surface area contributed by atoms with Crippen LogP contribution in [0.5, 0.6) is 0 Å². The number of benzene rings is 1. The first-order chi connectivity index (χ1) is 16.4. The number of hydrogen-bond donors (Lipinski definition) is 2. The molecule has 176 valence electrons. The minimum atomic E-state index is -1.25. The van der Waals surface area contributed by atoms with E-state index in [-0.39, 0.29) is 17.7 Å². The molecule has 9 heteroatoms. The second-order valence-corrected chi connectivity index (χ2v) is 9.41. The van der Waals surface area contributed by atoms with Crippen molar-refractivity contribution in [2.45, 2.75) is 43.6 Å². The first-order valence-corrected chi connectivity index (χ1v) is 11.5. The summed E-state index contributed by atoms with van der Waals surface area (Å²) in [5, 5.41) is 17.7. The van der Waals surface area contributed by atoms with Crippen molar-refractivity contribution in [1.82, 2.24) is 19.7 Å². The maximum absolute atomic E-state index is 13.8. The fourth-order valence-corrected chi connectivity index (χ4v) is 5.46. The molecule has 2 N–H and O–H groups in total. The van der Waals surface area contributed by atoms with Gasteiger partial charge in [0.15, 0.2) is 11.2 Å². The molecule has 4 aromatic rings. The third kappa shape index (κ3) is 3.30. The third-order valence-corrected chi connectivity index (χ3v) is 7.21. The average molecular weight is 464 g/mol. The van der Waals surface area contributed by atoms with E-state index in [0.717, 1.165) is 46.2 Å². The number of carboxylic acids is 1. The quantitative estimate of drug-likeness (QED) is 0.467. The van der Waals surface area contributed by atoms with Crippen LogP contribution in [0.4, 0.5) is 4.39 Å². The van der Waals surface area contributed by atoms with Crippen LogP contribution in [0.25, 0.3) is 27.8 Å². The van der Waals surface area contributed by atoms with Crippen molar-refractivity contribution in [3.8, 4) is 5.69 Å². The van der Waals surface area contributed by atoms with Crippen LogP contribution in [0.3, 0.4) is 0 Å². The molecule has 6 rings (SSSR count). The maximum Gasteiger partial charge on any atom is 0.335 e. The van der Waals surface area contributed by atoms with Gasteiger partial charge in [0.05, 0.1) is 23.8 Å². The Morgan fingerprint density at radius 3 is 2.71 bits per heavy atom. The Bertz CT molecular complexity index is 1390. The van der Waals surface area contributed by atoms with E-state index in [9.17, 15) is 14.3 Å². The number of aliphatic carboxylic acids is 1. The summed E-state index contributed by atoms with van der Waals surface area (Å²) in [4.78, 5) is 16.9. The van der Waals surface area contributed by atoms with Crippen molar-refractivity contribution in [2.75, 3.05) is 19.8 Å². The van der Waals surface area contributed by atoms with Crippen molar-refractivity contribution in [1.29, 1.82) is 0 Å². The molecule has 0 radical (unpaired) electrons. The van der Waals surface area contributed by atoms with Crippen LogP contribution in [0.2, 0.25) is 0 Å². The van der Waals surface area contributed by atoms with E-state index in [4.69, 9.17) is 14.5 Å². The molecule has 5 heterocycles. The molecule has 8 nitrogen and oxygen atoms in total. The van der Waals surface area contributed by atoms with Crippen LogP contribution in [-0.4, -0.2) is 56.2 Å². The Morgan fingerprint density at radius 1 is 1.24 bits per heavy atom. The van der Waals surface area contributed by atoms with Crippen molar-refractivity contribution in [3.63, 3.8) is 0 Å². The number of halogens is 1. The van der Waals surface area contributed by atoms with Gasteiger partial charge in [0.25, 0.3) is 0 Å². The van der Waals surface area contributed by atoms with Gasteiger partial charge in [-0.25, -0.2) is 14.2 Å². The maximum atomic E-state index is 13.8. The minimum absolute atomic E-state index is 0.143. The number of nitrogens with one attached hydrogen (secondary N) is 1. The van der Waals surface area contributed by atoms with Gasteiger partial charge < -0.3 is 19.1 Å². The summed E-state index contributed by atoms with van der Waals surface area (Å²) in [6.45, 7) is 3.23. The first kappa shape index (κ1) is 21.2. The Labute approximate surface area is 194 Å². The highest BCUT2D eigenvalue weighted by Crippen LogP contribution is 2.46. The van der Waals surface area contributed by atoms with Crippen molar-refractivity contribution in [2.24, 2.45) is 0 Å². The van der Waals surface area contributed by atoms with Gasteiger partial charge in [0, 0.05) is 47.4 Å². The highest BCUT2D eigenvalue weighted by atomic mass is 19.1. The highest BCUT2D eigenvalue weighted by Gasteiger charge is 2.46. The summed E-state index contributed by atoms with van der Waals surface area (Å²) in [7, 11) is 0. The molecule has 2 aliphatic rings. The largest absolute Gasteiger partial charge is 0.479 e. The SMILES string of the molecule is C[C@@]1(C(=O)O)CC(c2c(C3CCOCC3)n(-c3ccc(F)cc3)c3cc4cn[nH]c4nc23)CO1. The Balaban J connectivity index is 1.65. The number of ether oxygens (including phenoxy) is 2. The van der Waals surface area contributed by atoms with Gasteiger partial charge in [-0.3, -0.25) is 5.10 Å². The second-order valence-electron chi connectivity index (χ2n) is 9.41. The molecule has 2 aliphatic heterocycles. The van der Waals surface area contributed by atoms with Crippen LogP contribution >= 0.6 is 0 Å². The van der Waals surface area contributed by atoms with Gasteiger partial charge in [-0.05, 0) is 56.5 Å². The predicted molar refractivity (Wildman–Crippen MR) is 123 cm³/mol. The lowest BCUT2D eigenvalue weighted by Gasteiger charge is -2.26. The number of carbonyl (C=O) groups is 1. The Morgan fingerprint density at radius 2 is 2.00 bits per heavy atom. The van der Waals surface area contributed by atoms with Crippen LogP contribution in [0.1, 0.15) is 49.3 Å². The average Bonchev–Trinajstić information content (AvgIpc) is 3.54. The summed E-state index contributed by atoms with van der Waals surface area (Å²) in [5.74, 6) is -1.22. The Kier molecular flexibility index (Phi) is 4.93. The monoisotopic (exact) mass is 464 g/mol. The zero-order valence-corrected chi connectivity index (χ0v) is 18.8. The number of H-pyrrole nitrogens is 1. The molecule has 1 unspecified atom stereocenters. The first-order valence-electron chi connectivity index (χ1n) is 11.5. The van der Waals surface area contributed by atoms with Crippen LogP contribution < -0.4 is 0 Å². The lowest BCUT2D eigenvalue weighted by atomic mass is 9.85. The molecular weight excluding hydrogens is 439 g/mol. The predicted octanol–water partition coefficient (Wildman–Crippen LogP) is 4.28. The second kappa shape index (κ2) is 7.89. The van der Waals surface area contributed by atoms with E-state index in [1.54, 1.807) is 25.3 Å². The van der Waals surface area contributed by atoms with Gasteiger partial charge in [-0.1, -0.05) is 0 Å². The van der Waals surface area contributed by atoms with E-state index in [1.807, 2.05) is 6.07 Å². The smallest absolute Gasteiger partial charge is 0.335 e. The molecule has 0 amide bonds. The zero-order valence-electron chi connectivity index (χ0n) is 18.8. The number of hydrogen-bond acceptors (Lipinski definition) is 5. The Hall–Kier alpha value is -3.30. The molecule has 2 atom stereocenters. The summed E-state index contributed by atoms with van der Waals surface area (Å²) in [6.07, 6.45) is 3.77. The van der Waals surface area contributed by atoms with Gasteiger partial charge >= 0.3 is 5.97 Å². The number of carboxylic acid groups (broad SMARTS) is 1. The van der Waals surface area contributed by atoms with Crippen LogP contribution in [0.15, 0.2) is 36.5 Å². The van der Waals surface area contributed by atoms with E-state index in [2.05, 4.69) is 14.8 Å². The summed E-state index contributed by atoms with van der Waals surface area (Å²) in [6, 6.07) is 8.50. The molecule has 0 aliphatic carbocycles. The molecule has 2 saturated heterocycles. The van der Waals surface area contributed by atoms with E-state index in [0.29, 0.717) is 31.9 Å². The standard InChI is InChI=1S/C25H25FN4O4/c1-25(24(31)32)11-16(13-34-25)20-21-19(10-15-12-27-29-23(15)28-21)30(18-4-2-17(26)3-5-18)22(20)14-6-8-33-9-7-14/h2-5,10,12,14,16H,6-9,11,13H2,1H3,(H,31,32)(H,27,28,29)/t16?,25-/m0/s1. The molecule has 0 bridgehead atoms. The normalized spacial score (nSPS) is 23.8. The molecular formula is C25H25FN4O4. The van der Waals surface area contributed by atoms with E-state index < -0.39 is 11.6 Å². The summed E-state index contributed by atoms with van der Waals surface area (Å²) < 4.78 is 27.5. The number of pyridine rings is 1. The van der Waals surface area contributed by atoms with Gasteiger partial charge in [-0.2, -0.15) is 5.10 Å². The molecule has 34 heavy (non-hydrogen) atoms. The summed E-state index contributed by atoms with van der Waals surface area (Å²) in [5.41, 5.74) is 4.04. The molecule has 3 aromatic heterocycles. The molecule has 0 spiro atoms.